The van der Waals surface area contributed by atoms with Crippen molar-refractivity contribution in [1.29, 1.82) is 0 Å². The SMILES string of the molecule is CCC(CC)/C(O)=C/C(=O)[Si](OC)(OC)OC. The van der Waals surface area contributed by atoms with Crippen LogP contribution in [0.3, 0.4) is 0 Å². The third-order valence-electron chi connectivity index (χ3n) is 2.79. The lowest BCUT2D eigenvalue weighted by molar-refractivity contribution is -0.114. The maximum atomic E-state index is 12.0. The molecule has 0 unspecified atom stereocenters. The van der Waals surface area contributed by atoms with Gasteiger partial charge in [-0.25, -0.2) is 0 Å². The van der Waals surface area contributed by atoms with E-state index in [2.05, 4.69) is 0 Å². The van der Waals surface area contributed by atoms with Crippen LogP contribution < -0.4 is 0 Å². The van der Waals surface area contributed by atoms with Crippen LogP contribution in [0.15, 0.2) is 11.8 Å². The maximum Gasteiger partial charge on any atom is 0.578 e. The largest absolute Gasteiger partial charge is 0.578 e. The minimum Gasteiger partial charge on any atom is -0.512 e. The van der Waals surface area contributed by atoms with Gasteiger partial charge in [0, 0.05) is 33.3 Å². The van der Waals surface area contributed by atoms with E-state index >= 15 is 0 Å². The second-order valence-corrected chi connectivity index (χ2v) is 6.45. The standard InChI is InChI=1S/C11H22O5Si/c1-6-9(7-2)10(12)8-11(13)17(14-3,15-4)16-5/h8-9,12H,6-7H2,1-5H3/b10-8-. The number of carbonyl (C=O) groups is 1. The molecule has 0 radical (unpaired) electrons. The molecule has 0 fully saturated rings. The van der Waals surface area contributed by atoms with E-state index < -0.39 is 14.2 Å². The summed E-state index contributed by atoms with van der Waals surface area (Å²) < 4.78 is 15.1. The summed E-state index contributed by atoms with van der Waals surface area (Å²) in [6, 6.07) is 0. The van der Waals surface area contributed by atoms with Crippen LogP contribution in [0.25, 0.3) is 0 Å². The molecule has 100 valence electrons. The minimum atomic E-state index is -3.33. The van der Waals surface area contributed by atoms with Gasteiger partial charge in [-0.05, 0) is 12.8 Å². The van der Waals surface area contributed by atoms with Gasteiger partial charge in [0.05, 0.1) is 5.76 Å². The Balaban J connectivity index is 4.98. The predicted molar refractivity (Wildman–Crippen MR) is 66.6 cm³/mol. The summed E-state index contributed by atoms with van der Waals surface area (Å²) in [6.07, 6.45) is 2.71. The van der Waals surface area contributed by atoms with Crippen LogP contribution in [0.4, 0.5) is 0 Å². The van der Waals surface area contributed by atoms with Crippen molar-refractivity contribution >= 4 is 14.2 Å². The van der Waals surface area contributed by atoms with Gasteiger partial charge in [0.15, 0.2) is 0 Å². The van der Waals surface area contributed by atoms with Crippen molar-refractivity contribution in [3.8, 4) is 0 Å². The van der Waals surface area contributed by atoms with Crippen molar-refractivity contribution in [1.82, 2.24) is 0 Å². The Morgan fingerprint density at radius 2 is 1.59 bits per heavy atom. The Morgan fingerprint density at radius 1 is 1.18 bits per heavy atom. The van der Waals surface area contributed by atoms with Gasteiger partial charge in [-0.15, -0.1) is 0 Å². The topological polar surface area (TPSA) is 65.0 Å². The molecule has 0 bridgehead atoms. The fourth-order valence-electron chi connectivity index (χ4n) is 1.60. The summed E-state index contributed by atoms with van der Waals surface area (Å²) in [7, 11) is 0.751. The maximum absolute atomic E-state index is 12.0. The van der Waals surface area contributed by atoms with Gasteiger partial charge in [-0.2, -0.15) is 0 Å². The molecule has 0 aliphatic rings. The van der Waals surface area contributed by atoms with Crippen molar-refractivity contribution in [2.24, 2.45) is 5.92 Å². The monoisotopic (exact) mass is 262 g/mol. The molecule has 0 spiro atoms. The average Bonchev–Trinajstić information content (AvgIpc) is 2.33. The first kappa shape index (κ1) is 16.3. The molecule has 17 heavy (non-hydrogen) atoms. The minimum absolute atomic E-state index is 0.0174. The second-order valence-electron chi connectivity index (χ2n) is 3.62. The number of hydrogen-bond acceptors (Lipinski definition) is 5. The van der Waals surface area contributed by atoms with Crippen LogP contribution in [-0.4, -0.2) is 40.6 Å². The molecule has 0 atom stereocenters. The number of rotatable bonds is 8. The van der Waals surface area contributed by atoms with E-state index in [-0.39, 0.29) is 11.7 Å². The van der Waals surface area contributed by atoms with Crippen molar-refractivity contribution in [3.63, 3.8) is 0 Å². The van der Waals surface area contributed by atoms with Crippen LogP contribution in [0.5, 0.6) is 0 Å². The van der Waals surface area contributed by atoms with E-state index in [0.29, 0.717) is 0 Å². The first-order chi connectivity index (χ1) is 8.01. The molecule has 0 heterocycles. The molecule has 0 aromatic heterocycles. The fourth-order valence-corrected chi connectivity index (χ4v) is 3.03. The summed E-state index contributed by atoms with van der Waals surface area (Å²) in [6.45, 7) is 3.91. The smallest absolute Gasteiger partial charge is 0.512 e. The first-order valence-corrected chi connectivity index (χ1v) is 7.34. The molecule has 0 aromatic carbocycles. The molecule has 0 aromatic rings. The highest BCUT2D eigenvalue weighted by Crippen LogP contribution is 2.18. The van der Waals surface area contributed by atoms with E-state index in [1.54, 1.807) is 0 Å². The zero-order valence-electron chi connectivity index (χ0n) is 11.1. The van der Waals surface area contributed by atoms with Crippen molar-refractivity contribution < 1.29 is 23.2 Å². The van der Waals surface area contributed by atoms with Gasteiger partial charge in [0.1, 0.15) is 0 Å². The molecule has 5 nitrogen and oxygen atoms in total. The lowest BCUT2D eigenvalue weighted by atomic mass is 10.0. The quantitative estimate of drug-likeness (QED) is 0.411. The highest BCUT2D eigenvalue weighted by atomic mass is 28.4. The highest BCUT2D eigenvalue weighted by molar-refractivity contribution is 6.94. The molecule has 0 rings (SSSR count). The lowest BCUT2D eigenvalue weighted by Gasteiger charge is -2.21. The Bertz CT molecular complexity index is 261. The molecule has 0 amide bonds. The number of hydrogen-bond donors (Lipinski definition) is 1. The third-order valence-corrected chi connectivity index (χ3v) is 5.15. The van der Waals surface area contributed by atoms with Crippen LogP contribution in [0.2, 0.25) is 0 Å². The van der Waals surface area contributed by atoms with Gasteiger partial charge in [0.25, 0.3) is 0 Å². The summed E-state index contributed by atoms with van der Waals surface area (Å²) in [5.74, 6) is 0.0410. The van der Waals surface area contributed by atoms with Gasteiger partial charge in [0.2, 0.25) is 5.41 Å². The molecule has 0 aliphatic carbocycles. The highest BCUT2D eigenvalue weighted by Gasteiger charge is 2.46. The zero-order chi connectivity index (χ0) is 13.5. The van der Waals surface area contributed by atoms with Gasteiger partial charge < -0.3 is 18.4 Å². The molecule has 0 saturated heterocycles. The van der Waals surface area contributed by atoms with E-state index in [1.807, 2.05) is 13.8 Å². The Hall–Kier alpha value is -0.693. The number of aliphatic hydroxyl groups excluding tert-OH is 1. The molecular formula is C11H22O5Si. The first-order valence-electron chi connectivity index (χ1n) is 5.61. The lowest BCUT2D eigenvalue weighted by Crippen LogP contribution is -2.51. The number of allylic oxidation sites excluding steroid dienone is 2. The molecular weight excluding hydrogens is 240 g/mol. The number of carbonyl (C=O) groups excluding carboxylic acids is 1. The van der Waals surface area contributed by atoms with Crippen molar-refractivity contribution in [3.05, 3.63) is 11.8 Å². The second kappa shape index (κ2) is 7.60. The number of aliphatic hydroxyl groups is 1. The zero-order valence-corrected chi connectivity index (χ0v) is 12.1. The van der Waals surface area contributed by atoms with Crippen molar-refractivity contribution in [2.75, 3.05) is 21.3 Å². The summed E-state index contributed by atoms with van der Waals surface area (Å²) in [5, 5.41) is 9.39. The van der Waals surface area contributed by atoms with Crippen LogP contribution in [-0.2, 0) is 18.1 Å². The van der Waals surface area contributed by atoms with Crippen LogP contribution >= 0.6 is 0 Å². The molecule has 0 aliphatic heterocycles. The molecule has 0 saturated carbocycles. The van der Waals surface area contributed by atoms with Gasteiger partial charge in [-0.1, -0.05) is 13.8 Å². The summed E-state index contributed by atoms with van der Waals surface area (Å²) >= 11 is 0. The average molecular weight is 262 g/mol. The normalized spacial score (nSPS) is 13.2. The third kappa shape index (κ3) is 3.92. The van der Waals surface area contributed by atoms with Crippen LogP contribution in [0.1, 0.15) is 26.7 Å². The summed E-state index contributed by atoms with van der Waals surface area (Å²) in [4.78, 5) is 12.0. The summed E-state index contributed by atoms with van der Waals surface area (Å²) in [5.41, 5.74) is 0. The molecule has 6 heteroatoms. The predicted octanol–water partition coefficient (Wildman–Crippen LogP) is 1.85. The van der Waals surface area contributed by atoms with Gasteiger partial charge >= 0.3 is 8.80 Å². The van der Waals surface area contributed by atoms with Gasteiger partial charge in [-0.3, -0.25) is 4.79 Å². The fraction of sp³-hybridized carbons (Fsp3) is 0.727. The molecule has 1 N–H and O–H groups in total. The van der Waals surface area contributed by atoms with Crippen LogP contribution in [0, 0.1) is 5.92 Å². The van der Waals surface area contributed by atoms with E-state index in [9.17, 15) is 9.90 Å². The Labute approximate surface area is 104 Å². The Kier molecular flexibility index (Phi) is 7.29. The van der Waals surface area contributed by atoms with E-state index in [0.717, 1.165) is 12.8 Å². The van der Waals surface area contributed by atoms with Crippen molar-refractivity contribution in [2.45, 2.75) is 26.7 Å². The van der Waals surface area contributed by atoms with E-state index in [4.69, 9.17) is 13.3 Å². The Morgan fingerprint density at radius 3 is 1.88 bits per heavy atom. The van der Waals surface area contributed by atoms with E-state index in [1.165, 1.54) is 27.4 Å².